The van der Waals surface area contributed by atoms with E-state index < -0.39 is 29.0 Å². The van der Waals surface area contributed by atoms with Crippen molar-refractivity contribution in [3.05, 3.63) is 81.2 Å². The average molecular weight is 397 g/mol. The monoisotopic (exact) mass is 397 g/mol. The molecule has 0 spiro atoms. The molecule has 0 radical (unpaired) electrons. The van der Waals surface area contributed by atoms with Gasteiger partial charge in [-0.25, -0.2) is 8.78 Å². The first-order chi connectivity index (χ1) is 14.0. The van der Waals surface area contributed by atoms with E-state index in [1.807, 2.05) is 0 Å². The molecule has 0 saturated carbocycles. The Balaban J connectivity index is 1.71. The fourth-order valence-electron chi connectivity index (χ4n) is 4.18. The molecule has 1 fully saturated rings. The lowest BCUT2D eigenvalue weighted by Crippen LogP contribution is -2.36. The lowest BCUT2D eigenvalue weighted by Gasteiger charge is -2.27. The molecule has 3 aromatic rings. The first-order valence-corrected chi connectivity index (χ1v) is 9.47. The van der Waals surface area contributed by atoms with E-state index in [0.29, 0.717) is 12.2 Å². The summed E-state index contributed by atoms with van der Waals surface area (Å²) in [5.74, 6) is -1.46. The molecule has 0 N–H and O–H groups in total. The molecule has 2 aliphatic rings. The molecule has 1 aromatic heterocycles. The molecular weight excluding hydrogens is 380 g/mol. The topological polar surface area (TPSA) is 59.8 Å². The van der Waals surface area contributed by atoms with Crippen molar-refractivity contribution in [1.29, 1.82) is 0 Å². The number of fused-ring (bicyclic) bond motifs is 2. The molecule has 1 saturated heterocycles. The van der Waals surface area contributed by atoms with Gasteiger partial charge < -0.3 is 14.1 Å². The van der Waals surface area contributed by atoms with E-state index in [0.717, 1.165) is 18.9 Å². The van der Waals surface area contributed by atoms with Gasteiger partial charge in [-0.3, -0.25) is 9.59 Å². The van der Waals surface area contributed by atoms with Crippen molar-refractivity contribution in [1.82, 2.24) is 4.90 Å². The van der Waals surface area contributed by atoms with Crippen LogP contribution in [0.4, 0.5) is 8.78 Å². The van der Waals surface area contributed by atoms with E-state index in [2.05, 4.69) is 0 Å². The van der Waals surface area contributed by atoms with Crippen molar-refractivity contribution in [3.63, 3.8) is 0 Å². The zero-order valence-electron chi connectivity index (χ0n) is 15.4. The van der Waals surface area contributed by atoms with E-state index in [1.165, 1.54) is 29.2 Å². The number of hydrogen-bond donors (Lipinski definition) is 0. The van der Waals surface area contributed by atoms with E-state index in [4.69, 9.17) is 9.15 Å². The minimum atomic E-state index is -0.744. The quantitative estimate of drug-likeness (QED) is 0.675. The molecule has 5 rings (SSSR count). The number of carbonyl (C=O) groups excluding carboxylic acids is 1. The third-order valence-electron chi connectivity index (χ3n) is 5.54. The molecule has 0 bridgehead atoms. The van der Waals surface area contributed by atoms with Crippen LogP contribution in [0.2, 0.25) is 0 Å². The maximum absolute atomic E-state index is 13.7. The number of amides is 1. The van der Waals surface area contributed by atoms with Crippen molar-refractivity contribution < 1.29 is 22.7 Å². The lowest BCUT2D eigenvalue weighted by molar-refractivity contribution is 0.0486. The molecule has 0 unspecified atom stereocenters. The highest BCUT2D eigenvalue weighted by molar-refractivity contribution is 5.99. The second-order valence-corrected chi connectivity index (χ2v) is 7.36. The largest absolute Gasteiger partial charge is 0.450 e. The third kappa shape index (κ3) is 2.93. The van der Waals surface area contributed by atoms with Crippen molar-refractivity contribution >= 4 is 16.9 Å². The Morgan fingerprint density at radius 1 is 1.03 bits per heavy atom. The molecule has 0 aliphatic carbocycles. The Kier molecular flexibility index (Phi) is 4.20. The van der Waals surface area contributed by atoms with E-state index in [-0.39, 0.29) is 34.9 Å². The van der Waals surface area contributed by atoms with Crippen LogP contribution in [0, 0.1) is 11.6 Å². The number of hydrogen-bond acceptors (Lipinski definition) is 4. The van der Waals surface area contributed by atoms with Gasteiger partial charge in [-0.05, 0) is 48.7 Å². The fraction of sp³-hybridized carbons (Fsp3) is 0.273. The minimum absolute atomic E-state index is 0.0542. The van der Waals surface area contributed by atoms with Gasteiger partial charge in [0.1, 0.15) is 17.2 Å². The summed E-state index contributed by atoms with van der Waals surface area (Å²) in [4.78, 5) is 28.0. The number of rotatable bonds is 3. The van der Waals surface area contributed by atoms with Crippen molar-refractivity contribution in [3.8, 4) is 0 Å². The van der Waals surface area contributed by atoms with Crippen molar-refractivity contribution in [2.45, 2.75) is 25.0 Å². The molecule has 148 valence electrons. The zero-order chi connectivity index (χ0) is 20.1. The Morgan fingerprint density at radius 2 is 1.79 bits per heavy atom. The molecule has 2 atom stereocenters. The summed E-state index contributed by atoms with van der Waals surface area (Å²) in [7, 11) is 0. The van der Waals surface area contributed by atoms with Gasteiger partial charge >= 0.3 is 0 Å². The van der Waals surface area contributed by atoms with Crippen LogP contribution in [0.15, 0.2) is 51.7 Å². The van der Waals surface area contributed by atoms with E-state index in [9.17, 15) is 18.4 Å². The number of nitrogens with zero attached hydrogens (tertiary/aromatic N) is 1. The summed E-state index contributed by atoms with van der Waals surface area (Å²) in [6, 6.07) is 8.53. The van der Waals surface area contributed by atoms with Crippen LogP contribution in [0.3, 0.4) is 0 Å². The smallest absolute Gasteiger partial charge is 0.291 e. The molecular formula is C22H17F2NO4. The average Bonchev–Trinajstić information content (AvgIpc) is 3.32. The van der Waals surface area contributed by atoms with Gasteiger partial charge in [-0.1, -0.05) is 12.1 Å². The van der Waals surface area contributed by atoms with Gasteiger partial charge in [0.25, 0.3) is 5.91 Å². The van der Waals surface area contributed by atoms with Gasteiger partial charge in [-0.15, -0.1) is 0 Å². The van der Waals surface area contributed by atoms with Crippen molar-refractivity contribution in [2.75, 3.05) is 13.2 Å². The number of halogens is 2. The predicted molar refractivity (Wildman–Crippen MR) is 101 cm³/mol. The van der Waals surface area contributed by atoms with Crippen molar-refractivity contribution in [2.24, 2.45) is 0 Å². The Morgan fingerprint density at radius 3 is 2.52 bits per heavy atom. The normalized spacial score (nSPS) is 21.2. The van der Waals surface area contributed by atoms with E-state index >= 15 is 0 Å². The number of benzene rings is 2. The number of ether oxygens (including phenoxy) is 1. The second kappa shape index (κ2) is 6.77. The summed E-state index contributed by atoms with van der Waals surface area (Å²) in [6.07, 6.45) is 1.57. The molecule has 1 amide bonds. The molecule has 2 aliphatic heterocycles. The zero-order valence-corrected chi connectivity index (χ0v) is 15.4. The maximum Gasteiger partial charge on any atom is 0.291 e. The van der Waals surface area contributed by atoms with Crippen LogP contribution in [0.1, 0.15) is 40.6 Å². The summed E-state index contributed by atoms with van der Waals surface area (Å²) in [5.41, 5.74) is 0.427. The summed E-state index contributed by atoms with van der Waals surface area (Å²) >= 11 is 0. The van der Waals surface area contributed by atoms with Gasteiger partial charge in [0.2, 0.25) is 5.76 Å². The number of carbonyl (C=O) groups is 1. The summed E-state index contributed by atoms with van der Waals surface area (Å²) < 4.78 is 38.6. The molecule has 2 aromatic carbocycles. The minimum Gasteiger partial charge on any atom is -0.450 e. The maximum atomic E-state index is 13.7. The van der Waals surface area contributed by atoms with Gasteiger partial charge in [0, 0.05) is 13.2 Å². The fourth-order valence-corrected chi connectivity index (χ4v) is 4.18. The molecule has 29 heavy (non-hydrogen) atoms. The Labute approximate surface area is 164 Å². The van der Waals surface area contributed by atoms with Gasteiger partial charge in [0.15, 0.2) is 5.43 Å². The predicted octanol–water partition coefficient (Wildman–Crippen LogP) is 3.80. The Hall–Kier alpha value is -3.06. The molecule has 3 heterocycles. The highest BCUT2D eigenvalue weighted by Gasteiger charge is 2.43. The summed E-state index contributed by atoms with van der Waals surface area (Å²) in [6.45, 7) is 0.913. The first kappa shape index (κ1) is 18.0. The second-order valence-electron chi connectivity index (χ2n) is 7.36. The molecule has 7 heteroatoms. The standard InChI is InChI=1S/C22H17F2NO4/c23-13-5-3-12(4-6-13)19-18-20(26)16-10-14(24)7-8-17(16)29-21(18)22(27)25(19)11-15-2-1-9-28-15/h3-8,10,15,19H,1-2,9,11H2/t15-,19-/m1/s1. The van der Waals surface area contributed by atoms with Crippen LogP contribution in [0.5, 0.6) is 0 Å². The van der Waals surface area contributed by atoms with Crippen LogP contribution < -0.4 is 5.43 Å². The molecule has 5 nitrogen and oxygen atoms in total. The van der Waals surface area contributed by atoms with Crippen LogP contribution >= 0.6 is 0 Å². The third-order valence-corrected chi connectivity index (χ3v) is 5.54. The Bertz CT molecular complexity index is 1170. The summed E-state index contributed by atoms with van der Waals surface area (Å²) in [5, 5.41) is 0.0719. The van der Waals surface area contributed by atoms with Crippen LogP contribution in [-0.4, -0.2) is 30.1 Å². The van der Waals surface area contributed by atoms with E-state index in [1.54, 1.807) is 12.1 Å². The van der Waals surface area contributed by atoms with Crippen LogP contribution in [-0.2, 0) is 4.74 Å². The SMILES string of the molecule is O=C1c2oc3ccc(F)cc3c(=O)c2[C@@H](c2ccc(F)cc2)N1C[C@H]1CCCO1. The highest BCUT2D eigenvalue weighted by atomic mass is 19.1. The lowest BCUT2D eigenvalue weighted by atomic mass is 9.98. The highest BCUT2D eigenvalue weighted by Crippen LogP contribution is 2.39. The first-order valence-electron chi connectivity index (χ1n) is 9.47. The van der Waals surface area contributed by atoms with Crippen LogP contribution in [0.25, 0.3) is 11.0 Å². The van der Waals surface area contributed by atoms with Gasteiger partial charge in [-0.2, -0.15) is 0 Å². The van der Waals surface area contributed by atoms with Gasteiger partial charge in [0.05, 0.1) is 23.1 Å².